The van der Waals surface area contributed by atoms with Gasteiger partial charge >= 0.3 is 5.97 Å². The van der Waals surface area contributed by atoms with Crippen molar-refractivity contribution in [3.63, 3.8) is 0 Å². The van der Waals surface area contributed by atoms with Crippen LogP contribution in [0.3, 0.4) is 0 Å². The van der Waals surface area contributed by atoms with Gasteiger partial charge in [0.05, 0.1) is 26.4 Å². The molecule has 3 rings (SSSR count). The fraction of sp³-hybridized carbons (Fsp3) is 0.682. The molecule has 1 spiro atoms. The lowest BCUT2D eigenvalue weighted by Gasteiger charge is -2.33. The molecule has 2 aliphatic rings. The van der Waals surface area contributed by atoms with Crippen molar-refractivity contribution in [1.82, 2.24) is 0 Å². The number of nitrogens with one attached hydrogen (secondary N) is 1. The van der Waals surface area contributed by atoms with Crippen LogP contribution in [-0.4, -0.2) is 64.2 Å². The third kappa shape index (κ3) is 6.29. The van der Waals surface area contributed by atoms with E-state index < -0.39 is 23.2 Å². The first-order valence-electron chi connectivity index (χ1n) is 10.5. The van der Waals surface area contributed by atoms with Crippen LogP contribution in [0.2, 0.25) is 0 Å². The van der Waals surface area contributed by atoms with Gasteiger partial charge in [-0.3, -0.25) is 4.79 Å². The Balaban J connectivity index is 1.79. The van der Waals surface area contributed by atoms with Crippen molar-refractivity contribution < 1.29 is 37.6 Å². The van der Waals surface area contributed by atoms with Crippen LogP contribution in [0.1, 0.15) is 38.3 Å². The van der Waals surface area contributed by atoms with E-state index in [4.69, 9.17) is 28.4 Å². The summed E-state index contributed by atoms with van der Waals surface area (Å²) in [6.45, 7) is 6.83. The number of aryl methyl sites for hydroxylation is 1. The van der Waals surface area contributed by atoms with E-state index in [0.717, 1.165) is 5.56 Å². The molecule has 0 radical (unpaired) electrons. The number of benzene rings is 1. The molecule has 1 N–H and O–H groups in total. The first-order chi connectivity index (χ1) is 14.7. The van der Waals surface area contributed by atoms with Crippen LogP contribution in [0.25, 0.3) is 0 Å². The highest BCUT2D eigenvalue weighted by atomic mass is 19.1. The van der Waals surface area contributed by atoms with Crippen molar-refractivity contribution in [2.45, 2.75) is 51.4 Å². The second-order valence-electron chi connectivity index (χ2n) is 8.59. The van der Waals surface area contributed by atoms with Crippen LogP contribution < -0.4 is 10.1 Å². The van der Waals surface area contributed by atoms with E-state index >= 15 is 4.39 Å². The third-order valence-corrected chi connectivity index (χ3v) is 5.02. The lowest BCUT2D eigenvalue weighted by molar-refractivity contribution is -0.164. The minimum atomic E-state index is -0.776. The highest BCUT2D eigenvalue weighted by Gasteiger charge is 2.41. The molecular formula is C22H32FNO7. The molecule has 174 valence electrons. The Morgan fingerprint density at radius 2 is 2.00 bits per heavy atom. The van der Waals surface area contributed by atoms with Gasteiger partial charge in [0.1, 0.15) is 23.6 Å². The molecule has 1 aromatic carbocycles. The highest BCUT2D eigenvalue weighted by Crippen LogP contribution is 2.41. The molecule has 8 nitrogen and oxygen atoms in total. The molecule has 1 aromatic rings. The zero-order valence-corrected chi connectivity index (χ0v) is 18.7. The van der Waals surface area contributed by atoms with Crippen molar-refractivity contribution >= 4 is 11.7 Å². The molecule has 0 bridgehead atoms. The minimum Gasteiger partial charge on any atom is -0.465 e. The van der Waals surface area contributed by atoms with E-state index in [1.807, 2.05) is 0 Å². The van der Waals surface area contributed by atoms with Crippen LogP contribution in [0.15, 0.2) is 6.07 Å². The number of anilines is 1. The second kappa shape index (κ2) is 10.1. The monoisotopic (exact) mass is 441 g/mol. The Morgan fingerprint density at radius 1 is 1.26 bits per heavy atom. The molecule has 0 atom stereocenters. The second-order valence-corrected chi connectivity index (χ2v) is 8.59. The molecule has 1 aliphatic carbocycles. The number of esters is 1. The molecule has 0 unspecified atom stereocenters. The van der Waals surface area contributed by atoms with Crippen LogP contribution in [0.4, 0.5) is 10.1 Å². The van der Waals surface area contributed by atoms with Crippen molar-refractivity contribution in [3.05, 3.63) is 23.0 Å². The molecule has 1 heterocycles. The predicted molar refractivity (Wildman–Crippen MR) is 111 cm³/mol. The number of ether oxygens (including phenoxy) is 6. The van der Waals surface area contributed by atoms with Gasteiger partial charge in [-0.1, -0.05) is 0 Å². The Kier molecular flexibility index (Phi) is 7.74. The van der Waals surface area contributed by atoms with Crippen LogP contribution in [0.5, 0.6) is 5.75 Å². The van der Waals surface area contributed by atoms with Gasteiger partial charge in [-0.15, -0.1) is 0 Å². The molecule has 0 amide bonds. The topological polar surface area (TPSA) is 84.5 Å². The van der Waals surface area contributed by atoms with E-state index in [1.54, 1.807) is 33.9 Å². The average Bonchev–Trinajstić information content (AvgIpc) is 3.14. The summed E-state index contributed by atoms with van der Waals surface area (Å²) in [5, 5.41) is 2.85. The fourth-order valence-corrected chi connectivity index (χ4v) is 3.68. The van der Waals surface area contributed by atoms with Crippen molar-refractivity contribution in [1.29, 1.82) is 0 Å². The minimum absolute atomic E-state index is 0.0706. The summed E-state index contributed by atoms with van der Waals surface area (Å²) >= 11 is 0. The van der Waals surface area contributed by atoms with Crippen LogP contribution in [0, 0.1) is 5.82 Å². The summed E-state index contributed by atoms with van der Waals surface area (Å²) in [4.78, 5) is 12.2. The Hall–Kier alpha value is -1.94. The van der Waals surface area contributed by atoms with Gasteiger partial charge in [0.15, 0.2) is 18.4 Å². The molecule has 1 fully saturated rings. The lowest BCUT2D eigenvalue weighted by Crippen LogP contribution is -2.37. The Bertz CT molecular complexity index is 772. The van der Waals surface area contributed by atoms with Crippen LogP contribution >= 0.6 is 0 Å². The molecular weight excluding hydrogens is 409 g/mol. The summed E-state index contributed by atoms with van der Waals surface area (Å²) in [6.07, 6.45) is 1.55. The van der Waals surface area contributed by atoms with Gasteiger partial charge in [0, 0.05) is 20.0 Å². The fourth-order valence-electron chi connectivity index (χ4n) is 3.68. The molecule has 1 saturated heterocycles. The maximum Gasteiger partial charge on any atom is 0.325 e. The van der Waals surface area contributed by atoms with Crippen LogP contribution in [-0.2, 0) is 41.3 Å². The molecule has 31 heavy (non-hydrogen) atoms. The number of carbonyl (C=O) groups excluding carboxylic acids is 1. The van der Waals surface area contributed by atoms with Crippen molar-refractivity contribution in [3.8, 4) is 5.75 Å². The van der Waals surface area contributed by atoms with Crippen molar-refractivity contribution in [2.24, 2.45) is 0 Å². The first-order valence-corrected chi connectivity index (χ1v) is 10.5. The lowest BCUT2D eigenvalue weighted by atomic mass is 9.86. The van der Waals surface area contributed by atoms with Gasteiger partial charge in [-0.2, -0.15) is 0 Å². The predicted octanol–water partition coefficient (Wildman–Crippen LogP) is 2.81. The Labute approximate surface area is 182 Å². The summed E-state index contributed by atoms with van der Waals surface area (Å²) in [7, 11) is 1.58. The summed E-state index contributed by atoms with van der Waals surface area (Å²) in [6, 6.07) is 1.79. The third-order valence-electron chi connectivity index (χ3n) is 5.02. The molecule has 0 aromatic heterocycles. The molecule has 1 aliphatic heterocycles. The van der Waals surface area contributed by atoms with E-state index in [0.29, 0.717) is 51.3 Å². The summed E-state index contributed by atoms with van der Waals surface area (Å²) < 4.78 is 48.4. The number of rotatable bonds is 9. The maximum absolute atomic E-state index is 15.6. The number of halogens is 1. The first kappa shape index (κ1) is 23.7. The number of carbonyl (C=O) groups is 1. The van der Waals surface area contributed by atoms with Gasteiger partial charge in [-0.05, 0) is 44.4 Å². The van der Waals surface area contributed by atoms with Gasteiger partial charge in [-0.25, -0.2) is 4.39 Å². The average molecular weight is 441 g/mol. The Morgan fingerprint density at radius 3 is 2.68 bits per heavy atom. The highest BCUT2D eigenvalue weighted by molar-refractivity contribution is 5.77. The normalized spacial score (nSPS) is 17.5. The standard InChI is InChI=1S/C22H32FNO7/c1-21(2,3)31-18(25)13-24-20-17(28-14-27-8-7-26-4)11-15-5-6-22(29-9-10-30-22)12-16(15)19(20)23/h11,24H,5-10,12-14H2,1-4H3. The largest absolute Gasteiger partial charge is 0.465 e. The number of hydrogen-bond acceptors (Lipinski definition) is 8. The molecule has 9 heteroatoms. The number of fused-ring (bicyclic) bond motifs is 1. The quantitative estimate of drug-likeness (QED) is 0.356. The van der Waals surface area contributed by atoms with Gasteiger partial charge < -0.3 is 33.7 Å². The van der Waals surface area contributed by atoms with Gasteiger partial charge in [0.25, 0.3) is 0 Å². The number of methoxy groups -OCH3 is 1. The number of hydrogen-bond donors (Lipinski definition) is 1. The van der Waals surface area contributed by atoms with Crippen molar-refractivity contribution in [2.75, 3.05) is 52.2 Å². The van der Waals surface area contributed by atoms with E-state index in [9.17, 15) is 4.79 Å². The zero-order chi connectivity index (χ0) is 22.5. The summed E-state index contributed by atoms with van der Waals surface area (Å²) in [5.74, 6) is -1.47. The zero-order valence-electron chi connectivity index (χ0n) is 18.7. The van der Waals surface area contributed by atoms with E-state index in [-0.39, 0.29) is 24.8 Å². The maximum atomic E-state index is 15.6. The van der Waals surface area contributed by atoms with Gasteiger partial charge in [0.2, 0.25) is 0 Å². The summed E-state index contributed by atoms with van der Waals surface area (Å²) in [5.41, 5.74) is 0.796. The smallest absolute Gasteiger partial charge is 0.325 e. The molecule has 0 saturated carbocycles. The van der Waals surface area contributed by atoms with E-state index in [2.05, 4.69) is 5.32 Å². The SMILES string of the molecule is COCCOCOc1cc2c(c(F)c1NCC(=O)OC(C)(C)C)CC1(CC2)OCCO1. The van der Waals surface area contributed by atoms with E-state index in [1.165, 1.54) is 0 Å².